The van der Waals surface area contributed by atoms with E-state index in [-0.39, 0.29) is 0 Å². The van der Waals surface area contributed by atoms with Crippen LogP contribution in [-0.4, -0.2) is 14.2 Å². The van der Waals surface area contributed by atoms with Gasteiger partial charge in [-0.2, -0.15) is 5.26 Å². The number of ether oxygens (including phenoxy) is 2. The quantitative estimate of drug-likeness (QED) is 0.833. The van der Waals surface area contributed by atoms with Crippen molar-refractivity contribution >= 4 is 11.3 Å². The molecule has 0 fully saturated rings. The summed E-state index contributed by atoms with van der Waals surface area (Å²) in [5, 5.41) is 8.83. The van der Waals surface area contributed by atoms with Gasteiger partial charge in [0.05, 0.1) is 14.2 Å². The summed E-state index contributed by atoms with van der Waals surface area (Å²) in [6, 6.07) is 11.5. The molecule has 1 aromatic carbocycles. The van der Waals surface area contributed by atoms with Crippen molar-refractivity contribution in [3.05, 3.63) is 35.2 Å². The average Bonchev–Trinajstić information content (AvgIpc) is 2.86. The topological polar surface area (TPSA) is 42.2 Å². The molecule has 2 aromatic rings. The van der Waals surface area contributed by atoms with Crippen LogP contribution in [0, 0.1) is 11.3 Å². The van der Waals surface area contributed by atoms with Gasteiger partial charge >= 0.3 is 0 Å². The lowest BCUT2D eigenvalue weighted by Gasteiger charge is -2.08. The van der Waals surface area contributed by atoms with Crippen LogP contribution < -0.4 is 9.47 Å². The van der Waals surface area contributed by atoms with Crippen LogP contribution in [0.2, 0.25) is 0 Å². The Kier molecular flexibility index (Phi) is 3.31. The predicted molar refractivity (Wildman–Crippen MR) is 67.6 cm³/mol. The van der Waals surface area contributed by atoms with Crippen molar-refractivity contribution in [2.24, 2.45) is 0 Å². The van der Waals surface area contributed by atoms with Gasteiger partial charge in [-0.25, -0.2) is 0 Å². The first-order valence-corrected chi connectivity index (χ1v) is 5.82. The van der Waals surface area contributed by atoms with E-state index >= 15 is 0 Å². The normalized spacial score (nSPS) is 9.71. The first kappa shape index (κ1) is 11.5. The molecule has 1 aromatic heterocycles. The van der Waals surface area contributed by atoms with Gasteiger partial charge in [0, 0.05) is 10.4 Å². The van der Waals surface area contributed by atoms with Crippen molar-refractivity contribution in [3.63, 3.8) is 0 Å². The van der Waals surface area contributed by atoms with Gasteiger partial charge in [0.15, 0.2) is 0 Å². The summed E-state index contributed by atoms with van der Waals surface area (Å²) in [6.07, 6.45) is 0. The van der Waals surface area contributed by atoms with Gasteiger partial charge in [0.2, 0.25) is 0 Å². The van der Waals surface area contributed by atoms with Crippen LogP contribution in [0.3, 0.4) is 0 Å². The predicted octanol–water partition coefficient (Wildman–Crippen LogP) is 3.30. The second-order valence-corrected chi connectivity index (χ2v) is 4.43. The number of hydrogen-bond acceptors (Lipinski definition) is 4. The lowest BCUT2D eigenvalue weighted by atomic mass is 10.1. The summed E-state index contributed by atoms with van der Waals surface area (Å²) in [4.78, 5) is 1.68. The molecule has 1 heterocycles. The van der Waals surface area contributed by atoms with Crippen LogP contribution in [-0.2, 0) is 0 Å². The van der Waals surface area contributed by atoms with E-state index in [0.717, 1.165) is 21.9 Å². The van der Waals surface area contributed by atoms with Crippen molar-refractivity contribution in [2.75, 3.05) is 14.2 Å². The second-order valence-electron chi connectivity index (χ2n) is 3.34. The minimum absolute atomic E-state index is 0.685. The third-order valence-electron chi connectivity index (χ3n) is 2.39. The van der Waals surface area contributed by atoms with Gasteiger partial charge in [-0.3, -0.25) is 0 Å². The lowest BCUT2D eigenvalue weighted by molar-refractivity contribution is 0.404. The van der Waals surface area contributed by atoms with Crippen molar-refractivity contribution in [2.45, 2.75) is 0 Å². The zero-order valence-electron chi connectivity index (χ0n) is 9.56. The van der Waals surface area contributed by atoms with Gasteiger partial charge in [-0.05, 0) is 30.3 Å². The number of methoxy groups -OCH3 is 2. The van der Waals surface area contributed by atoms with E-state index < -0.39 is 0 Å². The third-order valence-corrected chi connectivity index (χ3v) is 3.41. The van der Waals surface area contributed by atoms with Crippen LogP contribution in [0.5, 0.6) is 11.5 Å². The largest absolute Gasteiger partial charge is 0.497 e. The number of rotatable bonds is 3. The monoisotopic (exact) mass is 245 g/mol. The molecule has 17 heavy (non-hydrogen) atoms. The molecule has 0 aliphatic heterocycles. The fourth-order valence-corrected chi connectivity index (χ4v) is 2.37. The molecule has 0 saturated heterocycles. The Morgan fingerprint density at radius 2 is 1.94 bits per heavy atom. The highest BCUT2D eigenvalue weighted by atomic mass is 32.1. The first-order chi connectivity index (χ1) is 8.28. The number of hydrogen-bond donors (Lipinski definition) is 0. The van der Waals surface area contributed by atoms with E-state index in [1.54, 1.807) is 20.3 Å². The average molecular weight is 245 g/mol. The highest BCUT2D eigenvalue weighted by molar-refractivity contribution is 7.16. The van der Waals surface area contributed by atoms with Gasteiger partial charge in [-0.1, -0.05) is 0 Å². The Balaban J connectivity index is 2.52. The van der Waals surface area contributed by atoms with Crippen LogP contribution in [0.1, 0.15) is 4.88 Å². The molecule has 2 rings (SSSR count). The van der Waals surface area contributed by atoms with Crippen molar-refractivity contribution in [1.29, 1.82) is 5.26 Å². The van der Waals surface area contributed by atoms with Crippen LogP contribution in [0.25, 0.3) is 10.4 Å². The minimum Gasteiger partial charge on any atom is -0.497 e. The zero-order valence-corrected chi connectivity index (χ0v) is 10.4. The number of nitrogens with zero attached hydrogens (tertiary/aromatic N) is 1. The molecule has 0 N–H and O–H groups in total. The summed E-state index contributed by atoms with van der Waals surface area (Å²) in [6.45, 7) is 0. The maximum atomic E-state index is 8.83. The molecule has 4 heteroatoms. The molecule has 0 aliphatic carbocycles. The Labute approximate surface area is 104 Å². The first-order valence-electron chi connectivity index (χ1n) is 5.01. The molecule has 0 atom stereocenters. The minimum atomic E-state index is 0.685. The van der Waals surface area contributed by atoms with Gasteiger partial charge in [0.25, 0.3) is 0 Å². The summed E-state index contributed by atoms with van der Waals surface area (Å²) < 4.78 is 10.5. The van der Waals surface area contributed by atoms with E-state index in [0.29, 0.717) is 4.88 Å². The molecule has 0 bridgehead atoms. The third kappa shape index (κ3) is 2.24. The number of nitriles is 1. The summed E-state index contributed by atoms with van der Waals surface area (Å²) in [7, 11) is 3.25. The van der Waals surface area contributed by atoms with Crippen LogP contribution >= 0.6 is 11.3 Å². The Hall–Kier alpha value is -1.99. The molecule has 86 valence electrons. The summed E-state index contributed by atoms with van der Waals surface area (Å²) in [5.41, 5.74) is 0.943. The molecule has 0 radical (unpaired) electrons. The van der Waals surface area contributed by atoms with Crippen LogP contribution in [0.4, 0.5) is 0 Å². The fraction of sp³-hybridized carbons (Fsp3) is 0.154. The molecular weight excluding hydrogens is 234 g/mol. The molecule has 0 spiro atoms. The highest BCUT2D eigenvalue weighted by Crippen LogP contribution is 2.37. The Morgan fingerprint density at radius 3 is 2.53 bits per heavy atom. The van der Waals surface area contributed by atoms with Crippen molar-refractivity contribution < 1.29 is 9.47 Å². The Bertz CT molecular complexity index is 569. The molecular formula is C13H11NO2S. The zero-order chi connectivity index (χ0) is 12.3. The standard InChI is InChI=1S/C13H11NO2S/c1-15-9-3-5-12(16-2)11(7-9)13-6-4-10(8-14)17-13/h3-7H,1-2H3. The maximum Gasteiger partial charge on any atom is 0.127 e. The van der Waals surface area contributed by atoms with Gasteiger partial charge in [0.1, 0.15) is 22.4 Å². The van der Waals surface area contributed by atoms with Gasteiger partial charge in [-0.15, -0.1) is 11.3 Å². The van der Waals surface area contributed by atoms with Crippen LogP contribution in [0.15, 0.2) is 30.3 Å². The SMILES string of the molecule is COc1ccc(OC)c(-c2ccc(C#N)s2)c1. The van der Waals surface area contributed by atoms with Crippen molar-refractivity contribution in [1.82, 2.24) is 0 Å². The van der Waals surface area contributed by atoms with Gasteiger partial charge < -0.3 is 9.47 Å². The maximum absolute atomic E-state index is 8.83. The van der Waals surface area contributed by atoms with E-state index in [1.165, 1.54) is 11.3 Å². The molecule has 0 amide bonds. The fourth-order valence-electron chi connectivity index (χ4n) is 1.55. The molecule has 3 nitrogen and oxygen atoms in total. The Morgan fingerprint density at radius 1 is 1.12 bits per heavy atom. The highest BCUT2D eigenvalue weighted by Gasteiger charge is 2.10. The summed E-state index contributed by atoms with van der Waals surface area (Å²) >= 11 is 1.44. The molecule has 0 aliphatic rings. The number of benzene rings is 1. The smallest absolute Gasteiger partial charge is 0.127 e. The van der Waals surface area contributed by atoms with E-state index in [9.17, 15) is 0 Å². The van der Waals surface area contributed by atoms with E-state index in [1.807, 2.05) is 24.3 Å². The molecule has 0 saturated carbocycles. The molecule has 0 unspecified atom stereocenters. The number of thiophene rings is 1. The summed E-state index contributed by atoms with van der Waals surface area (Å²) in [5.74, 6) is 1.55. The lowest BCUT2D eigenvalue weighted by Crippen LogP contribution is -1.88. The van der Waals surface area contributed by atoms with E-state index in [4.69, 9.17) is 14.7 Å². The van der Waals surface area contributed by atoms with E-state index in [2.05, 4.69) is 6.07 Å². The second kappa shape index (κ2) is 4.89. The van der Waals surface area contributed by atoms with Crippen molar-refractivity contribution in [3.8, 4) is 28.0 Å².